The molecule has 2 atom stereocenters. The zero-order valence-corrected chi connectivity index (χ0v) is 12.8. The molecule has 0 N–H and O–H groups in total. The molecule has 86 valence electrons. The van der Waals surface area contributed by atoms with Crippen molar-refractivity contribution in [3.05, 3.63) is 9.93 Å². The number of ether oxygens (including phenoxy) is 1. The molecule has 1 amide bonds. The third-order valence-corrected chi connectivity index (χ3v) is 5.27. The van der Waals surface area contributed by atoms with Crippen LogP contribution in [0.15, 0.2) is 9.93 Å². The Labute approximate surface area is 129 Å². The molecule has 0 spiro atoms. The maximum Gasteiger partial charge on any atom is 1.00 e. The molecule has 0 aliphatic carbocycles. The van der Waals surface area contributed by atoms with Crippen LogP contribution in [-0.2, 0) is 14.3 Å². The number of epoxide rings is 1. The molecule has 2 fully saturated rings. The molecule has 3 heterocycles. The Morgan fingerprint density at radius 1 is 1.65 bits per heavy atom. The summed E-state index contributed by atoms with van der Waals surface area (Å²) in [5, 5.41) is 11.0. The van der Waals surface area contributed by atoms with E-state index in [9.17, 15) is 14.7 Å². The third kappa shape index (κ3) is 2.54. The number of carboxylic acid groups (broad SMARTS) is 1. The fraction of sp³-hybridized carbons (Fsp3) is 0.556. The van der Waals surface area contributed by atoms with Crippen LogP contribution < -0.4 is 34.7 Å². The number of carboxylic acids is 1. The molecule has 0 aromatic heterocycles. The molecule has 3 aliphatic heterocycles. The molecule has 3 aliphatic rings. The monoisotopic (exact) mass is 281 g/mol. The number of β-lactam (4-membered cyclic amide) rings is 1. The summed E-state index contributed by atoms with van der Waals surface area (Å²) >= 11 is 2.89. The van der Waals surface area contributed by atoms with E-state index in [1.54, 1.807) is 0 Å². The quantitative estimate of drug-likeness (QED) is 0.300. The van der Waals surface area contributed by atoms with Crippen molar-refractivity contribution in [2.45, 2.75) is 17.9 Å². The van der Waals surface area contributed by atoms with E-state index in [4.69, 9.17) is 4.74 Å². The minimum atomic E-state index is -1.26. The Kier molecular flexibility index (Phi) is 4.16. The minimum absolute atomic E-state index is 0. The summed E-state index contributed by atoms with van der Waals surface area (Å²) in [6.45, 7) is 0.748. The van der Waals surface area contributed by atoms with Crippen molar-refractivity contribution in [3.8, 4) is 0 Å². The van der Waals surface area contributed by atoms with Crippen LogP contribution in [0.25, 0.3) is 0 Å². The van der Waals surface area contributed by atoms with Crippen LogP contribution in [0.2, 0.25) is 0 Å². The first-order valence-corrected chi connectivity index (χ1v) is 6.72. The number of carbonyl (C=O) groups is 2. The van der Waals surface area contributed by atoms with E-state index in [2.05, 4.69) is 0 Å². The number of carbonyl (C=O) groups excluding carboxylic acids is 2. The number of thioether (sulfide) groups is 2. The van der Waals surface area contributed by atoms with Gasteiger partial charge < -0.3 is 14.6 Å². The Balaban J connectivity index is 0.00000108. The van der Waals surface area contributed by atoms with E-state index in [1.165, 1.54) is 28.4 Å². The van der Waals surface area contributed by atoms with E-state index in [0.29, 0.717) is 10.7 Å². The van der Waals surface area contributed by atoms with Crippen LogP contribution in [0.5, 0.6) is 0 Å². The Morgan fingerprint density at radius 2 is 2.35 bits per heavy atom. The smallest absolute Gasteiger partial charge is 0.543 e. The maximum atomic E-state index is 11.3. The van der Waals surface area contributed by atoms with Gasteiger partial charge in [0.2, 0.25) is 5.91 Å². The van der Waals surface area contributed by atoms with Crippen molar-refractivity contribution in [2.24, 2.45) is 0 Å². The predicted octanol–water partition coefficient (Wildman–Crippen LogP) is -3.65. The van der Waals surface area contributed by atoms with Gasteiger partial charge in [-0.15, -0.1) is 11.8 Å². The molecule has 0 saturated carbocycles. The molecule has 2 saturated heterocycles. The summed E-state index contributed by atoms with van der Waals surface area (Å²) < 4.78 is 5.74. The minimum Gasteiger partial charge on any atom is -0.543 e. The van der Waals surface area contributed by atoms with Gasteiger partial charge in [0.1, 0.15) is 0 Å². The molecule has 5 nitrogen and oxygen atoms in total. The average molecular weight is 281 g/mol. The van der Waals surface area contributed by atoms with Crippen LogP contribution in [0.1, 0.15) is 6.42 Å². The number of aliphatic carboxylic acids is 1. The normalized spacial score (nSPS) is 29.6. The Bertz CT molecular complexity index is 410. The van der Waals surface area contributed by atoms with Gasteiger partial charge in [0, 0.05) is 5.75 Å². The summed E-state index contributed by atoms with van der Waals surface area (Å²) in [6.07, 6.45) is 0.663. The van der Waals surface area contributed by atoms with Gasteiger partial charge in [0.25, 0.3) is 0 Å². The van der Waals surface area contributed by atoms with Crippen LogP contribution in [-0.4, -0.2) is 40.6 Å². The third-order valence-electron chi connectivity index (χ3n) is 2.58. The molecule has 17 heavy (non-hydrogen) atoms. The zero-order valence-electron chi connectivity index (χ0n) is 9.17. The average Bonchev–Trinajstić information content (AvgIpc) is 2.98. The van der Waals surface area contributed by atoms with Gasteiger partial charge in [-0.05, 0) is 0 Å². The number of fused-ring (bicyclic) bond motifs is 1. The first-order valence-electron chi connectivity index (χ1n) is 4.85. The predicted molar refractivity (Wildman–Crippen MR) is 57.1 cm³/mol. The Hall–Kier alpha value is 0.340. The van der Waals surface area contributed by atoms with Crippen LogP contribution >= 0.6 is 23.5 Å². The second-order valence-corrected chi connectivity index (χ2v) is 6.21. The van der Waals surface area contributed by atoms with Gasteiger partial charge in [0.15, 0.2) is 0 Å². The van der Waals surface area contributed by atoms with E-state index in [1.807, 2.05) is 0 Å². The van der Waals surface area contributed by atoms with Gasteiger partial charge in [-0.1, -0.05) is 11.8 Å². The number of hydrogen-bond donors (Lipinski definition) is 0. The van der Waals surface area contributed by atoms with Crippen LogP contribution in [0, 0.1) is 0 Å². The molecule has 0 radical (unpaired) electrons. The fourth-order valence-electron chi connectivity index (χ4n) is 1.64. The van der Waals surface area contributed by atoms with Crippen LogP contribution in [0.3, 0.4) is 0 Å². The van der Waals surface area contributed by atoms with Crippen molar-refractivity contribution in [3.63, 3.8) is 0 Å². The molecule has 0 aromatic carbocycles. The molecule has 0 bridgehead atoms. The Morgan fingerprint density at radius 3 is 2.88 bits per heavy atom. The van der Waals surface area contributed by atoms with Crippen LogP contribution in [0.4, 0.5) is 0 Å². The van der Waals surface area contributed by atoms with Crippen molar-refractivity contribution in [1.82, 2.24) is 4.90 Å². The number of nitrogens with zero attached hydrogens (tertiary/aromatic N) is 1. The molecular weight excluding hydrogens is 273 g/mol. The summed E-state index contributed by atoms with van der Waals surface area (Å²) in [6, 6.07) is 0. The maximum absolute atomic E-state index is 11.3. The van der Waals surface area contributed by atoms with E-state index < -0.39 is 5.97 Å². The van der Waals surface area contributed by atoms with Gasteiger partial charge >= 0.3 is 29.6 Å². The van der Waals surface area contributed by atoms with E-state index in [-0.39, 0.29) is 52.6 Å². The van der Waals surface area contributed by atoms with Gasteiger partial charge in [0.05, 0.1) is 40.4 Å². The summed E-state index contributed by atoms with van der Waals surface area (Å²) in [4.78, 5) is 23.6. The summed E-state index contributed by atoms with van der Waals surface area (Å²) in [5.74, 6) is -0.648. The van der Waals surface area contributed by atoms with Crippen molar-refractivity contribution in [1.29, 1.82) is 0 Å². The zero-order chi connectivity index (χ0) is 11.3. The van der Waals surface area contributed by atoms with Gasteiger partial charge in [-0.2, -0.15) is 0 Å². The first kappa shape index (κ1) is 13.8. The second-order valence-electron chi connectivity index (χ2n) is 3.73. The molecular formula is C9H8NNaO4S2. The number of rotatable bonds is 4. The largest absolute Gasteiger partial charge is 1.00 e. The summed E-state index contributed by atoms with van der Waals surface area (Å²) in [7, 11) is 0. The van der Waals surface area contributed by atoms with Crippen molar-refractivity contribution < 1.29 is 49.0 Å². The number of hydrogen-bond acceptors (Lipinski definition) is 6. The molecule has 8 heteroatoms. The van der Waals surface area contributed by atoms with E-state index >= 15 is 0 Å². The van der Waals surface area contributed by atoms with E-state index in [0.717, 1.165) is 12.4 Å². The van der Waals surface area contributed by atoms with Gasteiger partial charge in [-0.25, -0.2) is 0 Å². The first-order chi connectivity index (χ1) is 7.66. The molecule has 3 rings (SSSR count). The number of amides is 1. The molecule has 2 unspecified atom stereocenters. The van der Waals surface area contributed by atoms with Crippen molar-refractivity contribution in [2.75, 3.05) is 12.4 Å². The molecule has 0 aromatic rings. The van der Waals surface area contributed by atoms with Gasteiger partial charge in [-0.3, -0.25) is 9.69 Å². The topological polar surface area (TPSA) is 73.0 Å². The SMILES string of the molecule is O=C([O-])C1=C(SCC2CO2)SC2CC(=O)N12.[Na+]. The van der Waals surface area contributed by atoms with Crippen molar-refractivity contribution >= 4 is 35.4 Å². The fourth-order valence-corrected chi connectivity index (χ4v) is 4.40. The summed E-state index contributed by atoms with van der Waals surface area (Å²) in [5.41, 5.74) is 0.0527. The second kappa shape index (κ2) is 5.14. The standard InChI is InChI=1S/C9H9NO4S2.Na/c11-5-1-6-10(5)7(8(12)13)9(16-6)15-3-4-2-14-4;/h4,6H,1-3H2,(H,12,13);/q;+1/p-1.